The van der Waals surface area contributed by atoms with E-state index in [9.17, 15) is 4.79 Å². The van der Waals surface area contributed by atoms with E-state index >= 15 is 0 Å². The second kappa shape index (κ2) is 10.6. The van der Waals surface area contributed by atoms with E-state index in [2.05, 4.69) is 56.9 Å². The molecule has 0 aliphatic carbocycles. The highest BCUT2D eigenvalue weighted by Crippen LogP contribution is 2.36. The summed E-state index contributed by atoms with van der Waals surface area (Å²) in [4.78, 5) is 17.2. The monoisotopic (exact) mass is 492 g/mol. The molecule has 1 amide bonds. The van der Waals surface area contributed by atoms with Gasteiger partial charge in [-0.15, -0.1) is 5.10 Å². The number of hydrogen-bond acceptors (Lipinski definition) is 6. The molecule has 1 aliphatic heterocycles. The van der Waals surface area contributed by atoms with Crippen LogP contribution in [-0.4, -0.2) is 34.1 Å². The number of amides is 1. The fourth-order valence-electron chi connectivity index (χ4n) is 4.33. The highest BCUT2D eigenvalue weighted by molar-refractivity contribution is 5.90. The topological polar surface area (TPSA) is 87.5 Å². The number of hydrogen-bond donors (Lipinski definition) is 1. The average molecular weight is 493 g/mol. The van der Waals surface area contributed by atoms with Crippen molar-refractivity contribution in [3.05, 3.63) is 42.5 Å². The van der Waals surface area contributed by atoms with Crippen LogP contribution in [-0.2, 0) is 4.79 Å². The van der Waals surface area contributed by atoms with Crippen LogP contribution in [0.25, 0.3) is 17.1 Å². The zero-order valence-electron chi connectivity index (χ0n) is 22.0. The molecule has 0 saturated heterocycles. The first-order valence-corrected chi connectivity index (χ1v) is 12.5. The van der Waals surface area contributed by atoms with Crippen LogP contribution in [0.3, 0.4) is 0 Å². The summed E-state index contributed by atoms with van der Waals surface area (Å²) in [5, 5.41) is 7.62. The van der Waals surface area contributed by atoms with E-state index in [0.717, 1.165) is 23.4 Å². The van der Waals surface area contributed by atoms with Crippen molar-refractivity contribution in [1.29, 1.82) is 0 Å². The van der Waals surface area contributed by atoms with Gasteiger partial charge in [0.05, 0.1) is 12.3 Å². The Morgan fingerprint density at radius 2 is 1.81 bits per heavy atom. The summed E-state index contributed by atoms with van der Waals surface area (Å²) in [6, 6.07) is 13.6. The summed E-state index contributed by atoms with van der Waals surface area (Å²) in [5.41, 5.74) is 2.57. The van der Waals surface area contributed by atoms with E-state index in [0.29, 0.717) is 48.2 Å². The summed E-state index contributed by atoms with van der Waals surface area (Å²) in [5.74, 6) is 2.68. The molecule has 0 spiro atoms. The fraction of sp³-hybridized carbons (Fsp3) is 0.464. The molecule has 1 N–H and O–H groups in total. The van der Waals surface area contributed by atoms with Crippen LogP contribution in [0.15, 0.2) is 42.5 Å². The smallest absolute Gasteiger partial charge is 0.336 e. The quantitative estimate of drug-likeness (QED) is 0.388. The standard InChI is InChI=1S/C28H36N4O4/c1-18(2)16-34-27-30-26(20-7-12-23-24(14-20)36-17-35-23)32(31-27)22-10-8-21(9-11-22)29-25(33)13-19(3)15-28(4,5)6/h7-12,14,18-19H,13,15-17H2,1-6H3,(H,29,33). The Labute approximate surface area is 213 Å². The minimum atomic E-state index is 0.0191. The van der Waals surface area contributed by atoms with Crippen molar-refractivity contribution in [1.82, 2.24) is 14.8 Å². The number of rotatable bonds is 9. The first kappa shape index (κ1) is 25.5. The molecule has 8 heteroatoms. The van der Waals surface area contributed by atoms with Gasteiger partial charge in [-0.25, -0.2) is 4.68 Å². The van der Waals surface area contributed by atoms with Gasteiger partial charge in [-0.2, -0.15) is 4.98 Å². The largest absolute Gasteiger partial charge is 0.462 e. The SMILES string of the molecule is CC(C)COc1nc(-c2ccc3c(c2)OCO3)n(-c2ccc(NC(=O)CC(C)CC(C)(C)C)cc2)n1. The summed E-state index contributed by atoms with van der Waals surface area (Å²) in [6.45, 7) is 13.6. The molecule has 2 aromatic carbocycles. The lowest BCUT2D eigenvalue weighted by Crippen LogP contribution is -2.18. The minimum Gasteiger partial charge on any atom is -0.462 e. The first-order valence-electron chi connectivity index (χ1n) is 12.5. The fourth-order valence-corrected chi connectivity index (χ4v) is 4.33. The molecule has 4 rings (SSSR count). The van der Waals surface area contributed by atoms with Crippen molar-refractivity contribution in [2.45, 2.75) is 54.4 Å². The van der Waals surface area contributed by atoms with E-state index in [-0.39, 0.29) is 18.1 Å². The molecule has 1 unspecified atom stereocenters. The van der Waals surface area contributed by atoms with Crippen molar-refractivity contribution >= 4 is 11.6 Å². The summed E-state index contributed by atoms with van der Waals surface area (Å²) >= 11 is 0. The van der Waals surface area contributed by atoms with Gasteiger partial charge in [-0.05, 0) is 66.1 Å². The van der Waals surface area contributed by atoms with Crippen LogP contribution < -0.4 is 19.5 Å². The molecule has 2 heterocycles. The molecular weight excluding hydrogens is 456 g/mol. The summed E-state index contributed by atoms with van der Waals surface area (Å²) in [6.07, 6.45) is 1.49. The van der Waals surface area contributed by atoms with Gasteiger partial charge in [0.25, 0.3) is 0 Å². The van der Waals surface area contributed by atoms with Gasteiger partial charge in [0.15, 0.2) is 17.3 Å². The molecule has 192 valence electrons. The maximum absolute atomic E-state index is 12.5. The highest BCUT2D eigenvalue weighted by Gasteiger charge is 2.20. The lowest BCUT2D eigenvalue weighted by molar-refractivity contribution is -0.117. The number of ether oxygens (including phenoxy) is 3. The van der Waals surface area contributed by atoms with Crippen LogP contribution in [0, 0.1) is 17.3 Å². The zero-order chi connectivity index (χ0) is 25.9. The van der Waals surface area contributed by atoms with Crippen LogP contribution in [0.2, 0.25) is 0 Å². The van der Waals surface area contributed by atoms with Crippen LogP contribution >= 0.6 is 0 Å². The normalized spacial score (nSPS) is 13.6. The van der Waals surface area contributed by atoms with E-state index in [4.69, 9.17) is 14.2 Å². The molecule has 0 bridgehead atoms. The second-order valence-electron chi connectivity index (χ2n) is 11.1. The molecule has 3 aromatic rings. The van der Waals surface area contributed by atoms with E-state index in [1.807, 2.05) is 42.5 Å². The van der Waals surface area contributed by atoms with Gasteiger partial charge in [-0.3, -0.25) is 4.79 Å². The molecular formula is C28H36N4O4. The van der Waals surface area contributed by atoms with Gasteiger partial charge >= 0.3 is 6.01 Å². The van der Waals surface area contributed by atoms with Crippen molar-refractivity contribution < 1.29 is 19.0 Å². The molecule has 1 aliphatic rings. The van der Waals surface area contributed by atoms with Crippen molar-refractivity contribution in [2.75, 3.05) is 18.7 Å². The van der Waals surface area contributed by atoms with Gasteiger partial charge in [0, 0.05) is 17.7 Å². The van der Waals surface area contributed by atoms with Crippen LogP contribution in [0.4, 0.5) is 5.69 Å². The Bertz CT molecular complexity index is 1200. The third kappa shape index (κ3) is 6.56. The van der Waals surface area contributed by atoms with Crippen molar-refractivity contribution in [3.8, 4) is 34.6 Å². The van der Waals surface area contributed by atoms with Crippen molar-refractivity contribution in [2.24, 2.45) is 17.3 Å². The van der Waals surface area contributed by atoms with E-state index in [1.54, 1.807) is 4.68 Å². The Hall–Kier alpha value is -3.55. The van der Waals surface area contributed by atoms with E-state index in [1.165, 1.54) is 0 Å². The molecule has 36 heavy (non-hydrogen) atoms. The van der Waals surface area contributed by atoms with Crippen LogP contribution in [0.5, 0.6) is 17.5 Å². The van der Waals surface area contributed by atoms with Gasteiger partial charge < -0.3 is 19.5 Å². The Balaban J connectivity index is 1.54. The molecule has 1 atom stereocenters. The molecule has 0 fully saturated rings. The van der Waals surface area contributed by atoms with E-state index < -0.39 is 0 Å². The Morgan fingerprint density at radius 3 is 2.50 bits per heavy atom. The number of anilines is 1. The lowest BCUT2D eigenvalue weighted by Gasteiger charge is -2.22. The molecule has 0 radical (unpaired) electrons. The molecule has 8 nitrogen and oxygen atoms in total. The van der Waals surface area contributed by atoms with Crippen molar-refractivity contribution in [3.63, 3.8) is 0 Å². The van der Waals surface area contributed by atoms with Gasteiger partial charge in [0.2, 0.25) is 12.7 Å². The number of benzene rings is 2. The van der Waals surface area contributed by atoms with Gasteiger partial charge in [0.1, 0.15) is 0 Å². The number of carbonyl (C=O) groups excluding carboxylic acids is 1. The number of nitrogens with zero attached hydrogens (tertiary/aromatic N) is 3. The summed E-state index contributed by atoms with van der Waals surface area (Å²) in [7, 11) is 0. The maximum atomic E-state index is 12.5. The second-order valence-corrected chi connectivity index (χ2v) is 11.1. The summed E-state index contributed by atoms with van der Waals surface area (Å²) < 4.78 is 18.5. The average Bonchev–Trinajstić information content (AvgIpc) is 3.43. The minimum absolute atomic E-state index is 0.0191. The molecule has 0 saturated carbocycles. The third-order valence-corrected chi connectivity index (χ3v) is 5.65. The first-order chi connectivity index (χ1) is 17.1. The number of fused-ring (bicyclic) bond motifs is 1. The highest BCUT2D eigenvalue weighted by atomic mass is 16.7. The number of aromatic nitrogens is 3. The number of nitrogens with one attached hydrogen (secondary N) is 1. The number of carbonyl (C=O) groups is 1. The van der Waals surface area contributed by atoms with Gasteiger partial charge in [-0.1, -0.05) is 41.5 Å². The van der Waals surface area contributed by atoms with Crippen LogP contribution in [0.1, 0.15) is 54.4 Å². The predicted octanol–water partition coefficient (Wildman–Crippen LogP) is 6.10. The maximum Gasteiger partial charge on any atom is 0.336 e. The molecule has 1 aromatic heterocycles. The Kier molecular flexibility index (Phi) is 7.52. The Morgan fingerprint density at radius 1 is 1.08 bits per heavy atom. The lowest BCUT2D eigenvalue weighted by atomic mass is 9.84. The third-order valence-electron chi connectivity index (χ3n) is 5.65. The zero-order valence-corrected chi connectivity index (χ0v) is 22.0. The predicted molar refractivity (Wildman–Crippen MR) is 140 cm³/mol.